The van der Waals surface area contributed by atoms with E-state index in [4.69, 9.17) is 10.8 Å². The van der Waals surface area contributed by atoms with Crippen molar-refractivity contribution in [3.63, 3.8) is 0 Å². The molecule has 5 heteroatoms. The molecule has 0 spiro atoms. The zero-order valence-electron chi connectivity index (χ0n) is 10.1. The van der Waals surface area contributed by atoms with Gasteiger partial charge in [0.25, 0.3) is 0 Å². The lowest BCUT2D eigenvalue weighted by Gasteiger charge is -2.21. The normalized spacial score (nSPS) is 17.2. The minimum absolute atomic E-state index is 0.540. The second kappa shape index (κ2) is 5.05. The minimum atomic E-state index is 0.540. The molecule has 1 fully saturated rings. The van der Waals surface area contributed by atoms with Crippen LogP contribution in [-0.2, 0) is 0 Å². The van der Waals surface area contributed by atoms with E-state index in [2.05, 4.69) is 26.7 Å². The van der Waals surface area contributed by atoms with Gasteiger partial charge < -0.3 is 5.73 Å². The van der Waals surface area contributed by atoms with Crippen molar-refractivity contribution >= 4 is 33.0 Å². The maximum Gasteiger partial charge on any atom is 0.125 e. The van der Waals surface area contributed by atoms with Crippen LogP contribution in [0.15, 0.2) is 22.1 Å². The molecule has 0 saturated heterocycles. The van der Waals surface area contributed by atoms with Gasteiger partial charge >= 0.3 is 0 Å². The summed E-state index contributed by atoms with van der Waals surface area (Å²) in [5, 5.41) is 4.70. The third kappa shape index (κ3) is 2.34. The number of nitrogens with zero attached hydrogens (tertiary/aromatic N) is 2. The van der Waals surface area contributed by atoms with Gasteiger partial charge in [0, 0.05) is 6.20 Å². The summed E-state index contributed by atoms with van der Waals surface area (Å²) in [6.45, 7) is 0. The fourth-order valence-corrected chi connectivity index (χ4v) is 3.96. The van der Waals surface area contributed by atoms with Crippen molar-refractivity contribution < 1.29 is 0 Å². The molecule has 0 aliphatic heterocycles. The van der Waals surface area contributed by atoms with Crippen LogP contribution in [0.5, 0.6) is 0 Å². The number of hydrogen-bond acceptors (Lipinski definition) is 3. The molecule has 2 aromatic rings. The van der Waals surface area contributed by atoms with E-state index >= 15 is 0 Å². The molecule has 0 bridgehead atoms. The summed E-state index contributed by atoms with van der Waals surface area (Å²) in [5.41, 5.74) is 7.81. The van der Waals surface area contributed by atoms with Crippen molar-refractivity contribution in [2.45, 2.75) is 38.1 Å². The van der Waals surface area contributed by atoms with Crippen molar-refractivity contribution in [3.8, 4) is 10.6 Å². The van der Waals surface area contributed by atoms with E-state index in [9.17, 15) is 0 Å². The molecule has 0 amide bonds. The number of halogens is 1. The van der Waals surface area contributed by atoms with Gasteiger partial charge in [-0.1, -0.05) is 19.3 Å². The maximum absolute atomic E-state index is 6.10. The summed E-state index contributed by atoms with van der Waals surface area (Å²) in [7, 11) is 0. The number of nitrogens with two attached hydrogens (primary N) is 1. The molecule has 96 valence electrons. The fraction of sp³-hybridized carbons (Fsp3) is 0.462. The zero-order chi connectivity index (χ0) is 12.5. The van der Waals surface area contributed by atoms with Gasteiger partial charge in [-0.3, -0.25) is 4.68 Å². The summed E-state index contributed by atoms with van der Waals surface area (Å²) in [5.74, 6) is 0. The van der Waals surface area contributed by atoms with Gasteiger partial charge in [-0.2, -0.15) is 5.10 Å². The Kier molecular flexibility index (Phi) is 3.43. The molecule has 1 saturated carbocycles. The third-order valence-corrected chi connectivity index (χ3v) is 5.15. The van der Waals surface area contributed by atoms with Gasteiger partial charge in [-0.05, 0) is 40.9 Å². The molecule has 0 aromatic carbocycles. The molecule has 2 aromatic heterocycles. The van der Waals surface area contributed by atoms with Gasteiger partial charge in [0.15, 0.2) is 0 Å². The van der Waals surface area contributed by atoms with Gasteiger partial charge in [0.05, 0.1) is 20.4 Å². The first-order chi connectivity index (χ1) is 8.74. The molecule has 3 rings (SSSR count). The number of rotatable bonds is 2. The lowest BCUT2D eigenvalue weighted by atomic mass is 9.96. The number of hydrogen-bond donors (Lipinski definition) is 1. The van der Waals surface area contributed by atoms with E-state index in [1.54, 1.807) is 11.3 Å². The second-order valence-corrected chi connectivity index (χ2v) is 7.27. The van der Waals surface area contributed by atoms with Crippen LogP contribution in [-0.4, -0.2) is 9.78 Å². The lowest BCUT2D eigenvalue weighted by molar-refractivity contribution is 0.330. The van der Waals surface area contributed by atoms with E-state index in [0.29, 0.717) is 6.04 Å². The molecule has 2 heterocycles. The van der Waals surface area contributed by atoms with E-state index in [-0.39, 0.29) is 0 Å². The molecule has 1 aliphatic carbocycles. The highest BCUT2D eigenvalue weighted by atomic mass is 79.9. The van der Waals surface area contributed by atoms with Crippen LogP contribution in [0.2, 0.25) is 0 Å². The number of aromatic nitrogens is 2. The fourth-order valence-electron chi connectivity index (χ4n) is 2.57. The summed E-state index contributed by atoms with van der Waals surface area (Å²) >= 11 is 5.16. The summed E-state index contributed by atoms with van der Waals surface area (Å²) in [6.07, 6.45) is 8.44. The molecular weight excluding hydrogens is 310 g/mol. The van der Waals surface area contributed by atoms with Crippen LogP contribution in [0.1, 0.15) is 38.1 Å². The van der Waals surface area contributed by atoms with Crippen molar-refractivity contribution in [3.05, 3.63) is 22.1 Å². The SMILES string of the molecule is Nc1cn(C2CCCCC2)nc1-c1ccc(Br)s1. The smallest absolute Gasteiger partial charge is 0.125 e. The van der Waals surface area contributed by atoms with Crippen LogP contribution in [0.3, 0.4) is 0 Å². The first-order valence-corrected chi connectivity index (χ1v) is 7.95. The highest BCUT2D eigenvalue weighted by Gasteiger charge is 2.18. The Labute approximate surface area is 119 Å². The minimum Gasteiger partial charge on any atom is -0.396 e. The maximum atomic E-state index is 6.10. The highest BCUT2D eigenvalue weighted by Crippen LogP contribution is 2.35. The standard InChI is InChI=1S/C13H16BrN3S/c14-12-7-6-11(18-12)13-10(15)8-17(16-13)9-4-2-1-3-5-9/h6-9H,1-5,15H2. The van der Waals surface area contributed by atoms with E-state index in [1.807, 2.05) is 12.3 Å². The Hall–Kier alpha value is -0.810. The summed E-state index contributed by atoms with van der Waals surface area (Å²) < 4.78 is 3.20. The molecular formula is C13H16BrN3S. The van der Waals surface area contributed by atoms with Gasteiger partial charge in [-0.25, -0.2) is 0 Å². The largest absolute Gasteiger partial charge is 0.396 e. The molecule has 0 radical (unpaired) electrons. The summed E-state index contributed by atoms with van der Waals surface area (Å²) in [6, 6.07) is 4.65. The van der Waals surface area contributed by atoms with Crippen molar-refractivity contribution in [2.24, 2.45) is 0 Å². The molecule has 0 atom stereocenters. The second-order valence-electron chi connectivity index (χ2n) is 4.81. The first-order valence-electron chi connectivity index (χ1n) is 6.34. The average molecular weight is 326 g/mol. The molecule has 2 N–H and O–H groups in total. The van der Waals surface area contributed by atoms with Crippen molar-refractivity contribution in [1.29, 1.82) is 0 Å². The Morgan fingerprint density at radius 3 is 2.72 bits per heavy atom. The Bertz CT molecular complexity index is 540. The molecule has 18 heavy (non-hydrogen) atoms. The Balaban J connectivity index is 1.90. The van der Waals surface area contributed by atoms with Crippen LogP contribution in [0, 0.1) is 0 Å². The predicted molar refractivity (Wildman–Crippen MR) is 79.8 cm³/mol. The predicted octanol–water partition coefficient (Wildman–Crippen LogP) is 4.46. The lowest BCUT2D eigenvalue weighted by Crippen LogP contribution is -2.13. The summed E-state index contributed by atoms with van der Waals surface area (Å²) in [4.78, 5) is 1.13. The van der Waals surface area contributed by atoms with E-state index in [1.165, 1.54) is 32.1 Å². The van der Waals surface area contributed by atoms with Gasteiger partial charge in [-0.15, -0.1) is 11.3 Å². The molecule has 1 aliphatic rings. The number of thiophene rings is 1. The van der Waals surface area contributed by atoms with E-state index in [0.717, 1.165) is 20.0 Å². The highest BCUT2D eigenvalue weighted by molar-refractivity contribution is 9.11. The van der Waals surface area contributed by atoms with Gasteiger partial charge in [0.1, 0.15) is 5.69 Å². The first kappa shape index (κ1) is 12.2. The Morgan fingerprint density at radius 1 is 1.28 bits per heavy atom. The van der Waals surface area contributed by atoms with Gasteiger partial charge in [0.2, 0.25) is 0 Å². The van der Waals surface area contributed by atoms with Crippen LogP contribution >= 0.6 is 27.3 Å². The van der Waals surface area contributed by atoms with Crippen LogP contribution in [0.4, 0.5) is 5.69 Å². The van der Waals surface area contributed by atoms with Crippen LogP contribution in [0.25, 0.3) is 10.6 Å². The quantitative estimate of drug-likeness (QED) is 0.885. The van der Waals surface area contributed by atoms with Crippen molar-refractivity contribution in [1.82, 2.24) is 9.78 Å². The monoisotopic (exact) mass is 325 g/mol. The number of nitrogen functional groups attached to an aromatic ring is 1. The van der Waals surface area contributed by atoms with Crippen molar-refractivity contribution in [2.75, 3.05) is 5.73 Å². The van der Waals surface area contributed by atoms with Crippen LogP contribution < -0.4 is 5.73 Å². The third-order valence-electron chi connectivity index (χ3n) is 3.52. The van der Waals surface area contributed by atoms with E-state index < -0.39 is 0 Å². The number of anilines is 1. The molecule has 3 nitrogen and oxygen atoms in total. The Morgan fingerprint density at radius 2 is 2.06 bits per heavy atom. The average Bonchev–Trinajstić information content (AvgIpc) is 2.97. The topological polar surface area (TPSA) is 43.8 Å². The zero-order valence-corrected chi connectivity index (χ0v) is 12.5. The molecule has 0 unspecified atom stereocenters.